The Morgan fingerprint density at radius 2 is 2.20 bits per heavy atom. The highest BCUT2D eigenvalue weighted by atomic mass is 32.2. The number of amidine groups is 1. The van der Waals surface area contributed by atoms with Gasteiger partial charge in [0.25, 0.3) is 0 Å². The second-order valence-electron chi connectivity index (χ2n) is 4.84. The fourth-order valence-electron chi connectivity index (χ4n) is 2.35. The van der Waals surface area contributed by atoms with Crippen molar-refractivity contribution in [2.24, 2.45) is 12.8 Å². The Morgan fingerprint density at radius 3 is 2.90 bits per heavy atom. The number of hydrogen-bond donors (Lipinski definition) is 2. The number of fused-ring (bicyclic) bond motifs is 1. The Hall–Kier alpha value is -1.89. The third kappa shape index (κ3) is 2.40. The van der Waals surface area contributed by atoms with Gasteiger partial charge >= 0.3 is 0 Å². The van der Waals surface area contributed by atoms with Crippen LogP contribution in [0.5, 0.6) is 0 Å². The summed E-state index contributed by atoms with van der Waals surface area (Å²) < 4.78 is 1.69. The van der Waals surface area contributed by atoms with Crippen LogP contribution in [0, 0.1) is 5.41 Å². The number of nitrogens with one attached hydrogen (secondary N) is 1. The first-order chi connectivity index (χ1) is 9.65. The molecule has 2 aromatic rings. The van der Waals surface area contributed by atoms with Gasteiger partial charge in [-0.15, -0.1) is 0 Å². The van der Waals surface area contributed by atoms with Gasteiger partial charge in [-0.3, -0.25) is 5.41 Å². The van der Waals surface area contributed by atoms with E-state index in [1.807, 2.05) is 13.1 Å². The van der Waals surface area contributed by atoms with Gasteiger partial charge < -0.3 is 5.73 Å². The topological polar surface area (TPSA) is 93.5 Å². The number of pyridine rings is 1. The molecule has 20 heavy (non-hydrogen) atoms. The van der Waals surface area contributed by atoms with E-state index in [4.69, 9.17) is 16.1 Å². The summed E-state index contributed by atoms with van der Waals surface area (Å²) in [6, 6.07) is 2.02. The van der Waals surface area contributed by atoms with Crippen LogP contribution in [0.15, 0.2) is 22.6 Å². The molecule has 3 N–H and O–H groups in total. The molecular formula is C13H16N6S. The lowest BCUT2D eigenvalue weighted by Gasteiger charge is -2.17. The average Bonchev–Trinajstić information content (AvgIpc) is 2.83. The number of hydrogen-bond acceptors (Lipinski definition) is 5. The van der Waals surface area contributed by atoms with Gasteiger partial charge in [-0.25, -0.2) is 14.6 Å². The van der Waals surface area contributed by atoms with Crippen molar-refractivity contribution in [2.45, 2.75) is 35.9 Å². The van der Waals surface area contributed by atoms with Crippen LogP contribution in [-0.4, -0.2) is 25.6 Å². The van der Waals surface area contributed by atoms with Crippen molar-refractivity contribution in [1.29, 1.82) is 5.41 Å². The number of rotatable bonds is 3. The third-order valence-electron chi connectivity index (χ3n) is 3.41. The minimum atomic E-state index is 0.0514. The third-order valence-corrected chi connectivity index (χ3v) is 4.47. The van der Waals surface area contributed by atoms with Crippen LogP contribution >= 0.6 is 11.8 Å². The zero-order chi connectivity index (χ0) is 14.1. The second kappa shape index (κ2) is 5.24. The Bertz CT molecular complexity index is 663. The van der Waals surface area contributed by atoms with Crippen LogP contribution in [-0.2, 0) is 19.9 Å². The standard InChI is InChI=1S/C13H16N6S/c1-19-13(16-7-17-19)20-12-9(11(14)15)6-8-4-2-3-5-10(8)18-12/h6-7H,2-5H2,1H3,(H3,14,15). The molecule has 0 aliphatic heterocycles. The molecule has 6 nitrogen and oxygen atoms in total. The van der Waals surface area contributed by atoms with Gasteiger partial charge in [0.1, 0.15) is 17.2 Å². The lowest BCUT2D eigenvalue weighted by atomic mass is 9.95. The van der Waals surface area contributed by atoms with Gasteiger partial charge in [0.05, 0.1) is 0 Å². The van der Waals surface area contributed by atoms with Crippen molar-refractivity contribution < 1.29 is 0 Å². The number of nitrogens with two attached hydrogens (primary N) is 1. The summed E-state index contributed by atoms with van der Waals surface area (Å²) >= 11 is 1.41. The highest BCUT2D eigenvalue weighted by Gasteiger charge is 2.18. The summed E-state index contributed by atoms with van der Waals surface area (Å²) in [5, 5.41) is 13.3. The van der Waals surface area contributed by atoms with Gasteiger partial charge in [0.15, 0.2) is 5.16 Å². The predicted octanol–water partition coefficient (Wildman–Crippen LogP) is 1.52. The van der Waals surface area contributed by atoms with E-state index in [0.717, 1.165) is 28.7 Å². The highest BCUT2D eigenvalue weighted by molar-refractivity contribution is 7.99. The van der Waals surface area contributed by atoms with Crippen LogP contribution in [0.25, 0.3) is 0 Å². The smallest absolute Gasteiger partial charge is 0.192 e. The van der Waals surface area contributed by atoms with E-state index in [2.05, 4.69) is 10.1 Å². The summed E-state index contributed by atoms with van der Waals surface area (Å²) in [5.74, 6) is 0.0514. The van der Waals surface area contributed by atoms with Gasteiger partial charge in [0.2, 0.25) is 0 Å². The summed E-state index contributed by atoms with van der Waals surface area (Å²) in [6.07, 6.45) is 5.89. The minimum absolute atomic E-state index is 0.0514. The van der Waals surface area contributed by atoms with E-state index in [0.29, 0.717) is 5.56 Å². The minimum Gasteiger partial charge on any atom is -0.384 e. The predicted molar refractivity (Wildman–Crippen MR) is 77.0 cm³/mol. The fourth-order valence-corrected chi connectivity index (χ4v) is 3.24. The Balaban J connectivity index is 2.04. The molecular weight excluding hydrogens is 272 g/mol. The van der Waals surface area contributed by atoms with Crippen molar-refractivity contribution in [3.8, 4) is 0 Å². The molecule has 1 aliphatic rings. The van der Waals surface area contributed by atoms with Gasteiger partial charge in [-0.2, -0.15) is 5.10 Å². The lowest BCUT2D eigenvalue weighted by molar-refractivity contribution is 0.658. The van der Waals surface area contributed by atoms with Crippen molar-refractivity contribution in [1.82, 2.24) is 19.7 Å². The molecule has 7 heteroatoms. The average molecular weight is 288 g/mol. The molecule has 0 fully saturated rings. The zero-order valence-electron chi connectivity index (χ0n) is 11.3. The highest BCUT2D eigenvalue weighted by Crippen LogP contribution is 2.30. The molecule has 0 saturated heterocycles. The molecule has 0 radical (unpaired) electrons. The Kier molecular flexibility index (Phi) is 3.43. The van der Waals surface area contributed by atoms with Crippen LogP contribution < -0.4 is 5.73 Å². The molecule has 0 spiro atoms. The summed E-state index contributed by atoms with van der Waals surface area (Å²) in [7, 11) is 1.83. The molecule has 104 valence electrons. The van der Waals surface area contributed by atoms with Crippen molar-refractivity contribution in [2.75, 3.05) is 0 Å². The number of aryl methyl sites for hydroxylation is 3. The molecule has 0 unspecified atom stereocenters. The quantitative estimate of drug-likeness (QED) is 0.660. The van der Waals surface area contributed by atoms with Crippen molar-refractivity contribution in [3.05, 3.63) is 29.2 Å². The molecule has 3 rings (SSSR count). The monoisotopic (exact) mass is 288 g/mol. The SMILES string of the molecule is Cn1ncnc1Sc1nc2c(cc1C(=N)N)CCCC2. The van der Waals surface area contributed by atoms with E-state index in [9.17, 15) is 0 Å². The molecule has 2 aromatic heterocycles. The van der Waals surface area contributed by atoms with E-state index >= 15 is 0 Å². The number of nitrogens with zero attached hydrogens (tertiary/aromatic N) is 4. The first kappa shape index (κ1) is 13.1. The van der Waals surface area contributed by atoms with E-state index < -0.39 is 0 Å². The maximum atomic E-state index is 7.76. The molecule has 0 saturated carbocycles. The van der Waals surface area contributed by atoms with Crippen LogP contribution in [0.4, 0.5) is 0 Å². The molecule has 2 heterocycles. The largest absolute Gasteiger partial charge is 0.384 e. The Labute approximate surface area is 121 Å². The van der Waals surface area contributed by atoms with Crippen molar-refractivity contribution in [3.63, 3.8) is 0 Å². The van der Waals surface area contributed by atoms with Crippen LogP contribution in [0.3, 0.4) is 0 Å². The second-order valence-corrected chi connectivity index (χ2v) is 5.79. The Morgan fingerprint density at radius 1 is 1.40 bits per heavy atom. The van der Waals surface area contributed by atoms with E-state index in [1.165, 1.54) is 36.5 Å². The number of nitrogen functional groups attached to an aromatic ring is 1. The van der Waals surface area contributed by atoms with Gasteiger partial charge in [0, 0.05) is 18.3 Å². The molecule has 0 bridgehead atoms. The molecule has 0 atom stereocenters. The first-order valence-corrected chi connectivity index (χ1v) is 7.36. The fraction of sp³-hybridized carbons (Fsp3) is 0.385. The van der Waals surface area contributed by atoms with Crippen molar-refractivity contribution >= 4 is 17.6 Å². The van der Waals surface area contributed by atoms with Gasteiger partial charge in [-0.1, -0.05) is 0 Å². The summed E-state index contributed by atoms with van der Waals surface area (Å²) in [6.45, 7) is 0. The van der Waals surface area contributed by atoms with E-state index in [1.54, 1.807) is 4.68 Å². The van der Waals surface area contributed by atoms with Crippen LogP contribution in [0.1, 0.15) is 29.7 Å². The summed E-state index contributed by atoms with van der Waals surface area (Å²) in [5.41, 5.74) is 8.75. The molecule has 1 aliphatic carbocycles. The van der Waals surface area contributed by atoms with Crippen LogP contribution in [0.2, 0.25) is 0 Å². The normalized spacial score (nSPS) is 14.1. The summed E-state index contributed by atoms with van der Waals surface area (Å²) in [4.78, 5) is 8.90. The maximum absolute atomic E-state index is 7.76. The lowest BCUT2D eigenvalue weighted by Crippen LogP contribution is -2.16. The number of aromatic nitrogens is 4. The maximum Gasteiger partial charge on any atom is 0.192 e. The van der Waals surface area contributed by atoms with Gasteiger partial charge in [-0.05, 0) is 49.1 Å². The zero-order valence-corrected chi connectivity index (χ0v) is 12.1. The molecule has 0 aromatic carbocycles. The first-order valence-electron chi connectivity index (χ1n) is 6.54. The molecule has 0 amide bonds. The van der Waals surface area contributed by atoms with E-state index in [-0.39, 0.29) is 5.84 Å².